The molecule has 2 aromatic heterocycles. The number of carbonyl (C=O) groups excluding carboxylic acids is 1. The minimum Gasteiger partial charge on any atom is -0.335 e. The SMILES string of the molecule is CN(C(=O)c1cnc2c(cnn2Cc2ccccc2)c1)[C@H]1CCCc2ccccc21. The van der Waals surface area contributed by atoms with Crippen LogP contribution in [0.25, 0.3) is 11.0 Å². The second kappa shape index (κ2) is 7.75. The van der Waals surface area contributed by atoms with E-state index in [1.54, 1.807) is 12.4 Å². The van der Waals surface area contributed by atoms with Gasteiger partial charge in [0.05, 0.1) is 24.3 Å². The van der Waals surface area contributed by atoms with Crippen LogP contribution in [0, 0.1) is 0 Å². The molecule has 150 valence electrons. The van der Waals surface area contributed by atoms with Gasteiger partial charge in [0.15, 0.2) is 5.65 Å². The normalized spacial score (nSPS) is 15.7. The predicted octanol–water partition coefficient (Wildman–Crippen LogP) is 4.63. The van der Waals surface area contributed by atoms with Crippen molar-refractivity contribution in [2.45, 2.75) is 31.8 Å². The van der Waals surface area contributed by atoms with E-state index in [0.29, 0.717) is 12.1 Å². The lowest BCUT2D eigenvalue weighted by Gasteiger charge is -2.33. The highest BCUT2D eigenvalue weighted by atomic mass is 16.2. The van der Waals surface area contributed by atoms with Gasteiger partial charge in [-0.2, -0.15) is 5.10 Å². The van der Waals surface area contributed by atoms with E-state index in [2.05, 4.69) is 46.5 Å². The third kappa shape index (κ3) is 3.36. The Balaban J connectivity index is 1.40. The van der Waals surface area contributed by atoms with Crippen molar-refractivity contribution in [1.29, 1.82) is 0 Å². The standard InChI is InChI=1S/C25H24N4O/c1-28(23-13-7-11-19-10-5-6-12-22(19)23)25(30)21-14-20-16-27-29(24(20)26-15-21)17-18-8-3-2-4-9-18/h2-6,8-10,12,14-16,23H,7,11,13,17H2,1H3/t23-/m0/s1. The molecule has 1 aliphatic rings. The maximum absolute atomic E-state index is 13.3. The van der Waals surface area contributed by atoms with Gasteiger partial charge in [0, 0.05) is 18.6 Å². The highest BCUT2D eigenvalue weighted by Crippen LogP contribution is 2.34. The first kappa shape index (κ1) is 18.6. The van der Waals surface area contributed by atoms with E-state index in [1.807, 2.05) is 40.9 Å². The van der Waals surface area contributed by atoms with Crippen molar-refractivity contribution in [1.82, 2.24) is 19.7 Å². The summed E-state index contributed by atoms with van der Waals surface area (Å²) in [7, 11) is 1.90. The summed E-state index contributed by atoms with van der Waals surface area (Å²) < 4.78 is 1.88. The minimum atomic E-state index is 0.00177. The van der Waals surface area contributed by atoms with Gasteiger partial charge in [-0.15, -0.1) is 0 Å². The van der Waals surface area contributed by atoms with Gasteiger partial charge >= 0.3 is 0 Å². The number of hydrogen-bond acceptors (Lipinski definition) is 3. The number of benzene rings is 2. The van der Waals surface area contributed by atoms with Crippen molar-refractivity contribution in [2.75, 3.05) is 7.05 Å². The number of fused-ring (bicyclic) bond motifs is 2. The summed E-state index contributed by atoms with van der Waals surface area (Å²) in [6, 6.07) is 20.7. The minimum absolute atomic E-state index is 0.00177. The van der Waals surface area contributed by atoms with E-state index in [9.17, 15) is 4.79 Å². The van der Waals surface area contributed by atoms with Crippen LogP contribution in [0.5, 0.6) is 0 Å². The van der Waals surface area contributed by atoms with Crippen LogP contribution < -0.4 is 0 Å². The maximum atomic E-state index is 13.3. The third-order valence-electron chi connectivity index (χ3n) is 6.02. The zero-order chi connectivity index (χ0) is 20.5. The van der Waals surface area contributed by atoms with E-state index in [4.69, 9.17) is 0 Å². The third-order valence-corrected chi connectivity index (χ3v) is 6.02. The van der Waals surface area contributed by atoms with Crippen LogP contribution in [0.4, 0.5) is 0 Å². The molecular formula is C25H24N4O. The molecule has 2 aromatic carbocycles. The van der Waals surface area contributed by atoms with Gasteiger partial charge in [0.1, 0.15) is 0 Å². The molecule has 2 heterocycles. The number of pyridine rings is 1. The number of aromatic nitrogens is 3. The number of aryl methyl sites for hydroxylation is 1. The van der Waals surface area contributed by atoms with E-state index in [1.165, 1.54) is 16.7 Å². The fourth-order valence-electron chi connectivity index (χ4n) is 4.44. The molecule has 0 N–H and O–H groups in total. The first-order valence-electron chi connectivity index (χ1n) is 10.4. The molecule has 1 aliphatic carbocycles. The monoisotopic (exact) mass is 396 g/mol. The Hall–Kier alpha value is -3.47. The van der Waals surface area contributed by atoms with Crippen LogP contribution in [-0.4, -0.2) is 32.6 Å². The Kier molecular flexibility index (Phi) is 4.79. The van der Waals surface area contributed by atoms with Gasteiger partial charge in [-0.1, -0.05) is 54.6 Å². The van der Waals surface area contributed by atoms with Crippen molar-refractivity contribution in [3.63, 3.8) is 0 Å². The summed E-state index contributed by atoms with van der Waals surface area (Å²) in [5, 5.41) is 5.37. The molecular weight excluding hydrogens is 372 g/mol. The average Bonchev–Trinajstić information content (AvgIpc) is 3.20. The Morgan fingerprint density at radius 1 is 1.10 bits per heavy atom. The summed E-state index contributed by atoms with van der Waals surface area (Å²) in [6.45, 7) is 0.656. The summed E-state index contributed by atoms with van der Waals surface area (Å²) in [4.78, 5) is 19.7. The maximum Gasteiger partial charge on any atom is 0.255 e. The van der Waals surface area contributed by atoms with E-state index < -0.39 is 0 Å². The molecule has 0 saturated carbocycles. The molecule has 30 heavy (non-hydrogen) atoms. The fourth-order valence-corrected chi connectivity index (χ4v) is 4.44. The quantitative estimate of drug-likeness (QED) is 0.505. The Bertz CT molecular complexity index is 1200. The topological polar surface area (TPSA) is 51.0 Å². The molecule has 0 unspecified atom stereocenters. The molecule has 0 radical (unpaired) electrons. The summed E-state index contributed by atoms with van der Waals surface area (Å²) in [5.41, 5.74) is 5.18. The first-order chi connectivity index (χ1) is 14.7. The number of carbonyl (C=O) groups is 1. The molecule has 5 nitrogen and oxygen atoms in total. The Labute approximate surface area is 176 Å². The van der Waals surface area contributed by atoms with Crippen molar-refractivity contribution < 1.29 is 4.79 Å². The van der Waals surface area contributed by atoms with E-state index in [-0.39, 0.29) is 11.9 Å². The number of amides is 1. The number of nitrogens with zero attached hydrogens (tertiary/aromatic N) is 4. The van der Waals surface area contributed by atoms with Crippen molar-refractivity contribution in [3.05, 3.63) is 95.3 Å². The van der Waals surface area contributed by atoms with Crippen LogP contribution in [0.2, 0.25) is 0 Å². The molecule has 0 bridgehead atoms. The Morgan fingerprint density at radius 3 is 2.77 bits per heavy atom. The summed E-state index contributed by atoms with van der Waals surface area (Å²) >= 11 is 0. The van der Waals surface area contributed by atoms with Crippen LogP contribution in [0.15, 0.2) is 73.1 Å². The molecule has 0 saturated heterocycles. The highest BCUT2D eigenvalue weighted by molar-refractivity contribution is 5.97. The van der Waals surface area contributed by atoms with Crippen LogP contribution in [0.1, 0.15) is 45.9 Å². The van der Waals surface area contributed by atoms with Gasteiger partial charge in [0.2, 0.25) is 0 Å². The lowest BCUT2D eigenvalue weighted by atomic mass is 9.87. The molecule has 1 atom stereocenters. The molecule has 5 heteroatoms. The van der Waals surface area contributed by atoms with E-state index in [0.717, 1.165) is 30.3 Å². The van der Waals surface area contributed by atoms with Gasteiger partial charge in [-0.25, -0.2) is 9.67 Å². The largest absolute Gasteiger partial charge is 0.335 e. The molecule has 0 aliphatic heterocycles. The zero-order valence-electron chi connectivity index (χ0n) is 17.0. The lowest BCUT2D eigenvalue weighted by Crippen LogP contribution is -2.33. The van der Waals surface area contributed by atoms with Crippen molar-refractivity contribution in [3.8, 4) is 0 Å². The molecule has 0 spiro atoms. The fraction of sp³-hybridized carbons (Fsp3) is 0.240. The molecule has 1 amide bonds. The summed E-state index contributed by atoms with van der Waals surface area (Å²) in [5.74, 6) is 0.00177. The van der Waals surface area contributed by atoms with E-state index >= 15 is 0 Å². The second-order valence-electron chi connectivity index (χ2n) is 7.95. The molecule has 0 fully saturated rings. The van der Waals surface area contributed by atoms with Gasteiger partial charge in [0.25, 0.3) is 5.91 Å². The highest BCUT2D eigenvalue weighted by Gasteiger charge is 2.27. The van der Waals surface area contributed by atoms with Crippen LogP contribution >= 0.6 is 0 Å². The zero-order valence-corrected chi connectivity index (χ0v) is 17.0. The number of rotatable bonds is 4. The van der Waals surface area contributed by atoms with Gasteiger partial charge < -0.3 is 4.90 Å². The van der Waals surface area contributed by atoms with Gasteiger partial charge in [-0.3, -0.25) is 4.79 Å². The Morgan fingerprint density at radius 2 is 1.90 bits per heavy atom. The summed E-state index contributed by atoms with van der Waals surface area (Å²) in [6.07, 6.45) is 6.65. The van der Waals surface area contributed by atoms with Crippen molar-refractivity contribution in [2.24, 2.45) is 0 Å². The van der Waals surface area contributed by atoms with Crippen LogP contribution in [-0.2, 0) is 13.0 Å². The molecule has 4 aromatic rings. The average molecular weight is 396 g/mol. The first-order valence-corrected chi connectivity index (χ1v) is 10.4. The van der Waals surface area contributed by atoms with Crippen molar-refractivity contribution >= 4 is 16.9 Å². The second-order valence-corrected chi connectivity index (χ2v) is 7.95. The van der Waals surface area contributed by atoms with Gasteiger partial charge in [-0.05, 0) is 42.0 Å². The van der Waals surface area contributed by atoms with Crippen LogP contribution in [0.3, 0.4) is 0 Å². The lowest BCUT2D eigenvalue weighted by molar-refractivity contribution is 0.0715. The molecule has 5 rings (SSSR count). The smallest absolute Gasteiger partial charge is 0.255 e. The predicted molar refractivity (Wildman–Crippen MR) is 117 cm³/mol. The number of hydrogen-bond donors (Lipinski definition) is 0.